The molecule has 3 aromatic heterocycles. The summed E-state index contributed by atoms with van der Waals surface area (Å²) in [7, 11) is 0. The molecule has 2 N–H and O–H groups in total. The van der Waals surface area contributed by atoms with E-state index < -0.39 is 23.8 Å². The third kappa shape index (κ3) is 5.25. The normalized spacial score (nSPS) is 11.2. The van der Waals surface area contributed by atoms with Crippen molar-refractivity contribution in [1.29, 1.82) is 0 Å². The second-order valence-electron chi connectivity index (χ2n) is 6.71. The minimum absolute atomic E-state index is 0.146. The summed E-state index contributed by atoms with van der Waals surface area (Å²) in [5.74, 6) is -3.86. The number of rotatable bonds is 4. The Bertz CT molecular complexity index is 1270. The lowest BCUT2D eigenvalue weighted by Gasteiger charge is -2.10. The Kier molecular flexibility index (Phi) is 6.60. The van der Waals surface area contributed by atoms with Gasteiger partial charge < -0.3 is 9.84 Å². The number of carboxylic acids is 1. The number of imidazole rings is 1. The maximum absolute atomic E-state index is 13.8. The van der Waals surface area contributed by atoms with Crippen molar-refractivity contribution in [3.63, 3.8) is 0 Å². The summed E-state index contributed by atoms with van der Waals surface area (Å²) in [4.78, 5) is 17.7. The number of carboxylic acid groups (broad SMARTS) is 1. The van der Waals surface area contributed by atoms with E-state index in [-0.39, 0.29) is 18.1 Å². The Balaban J connectivity index is 0.000000383. The molecule has 0 bridgehead atoms. The fourth-order valence-corrected chi connectivity index (χ4v) is 2.88. The number of alkyl halides is 3. The molecule has 0 saturated carbocycles. The molecule has 0 saturated heterocycles. The van der Waals surface area contributed by atoms with Crippen molar-refractivity contribution in [3.8, 4) is 17.1 Å². The molecule has 3 heterocycles. The van der Waals surface area contributed by atoms with Gasteiger partial charge in [-0.15, -0.1) is 0 Å². The standard InChI is InChI=1S/C18H15F2N5O.C2HF3O2/c1-10-8-25-16(12-6-21-22-7-12)11(2)24-17(25)18(23-10)26-9-13-14(19)4-3-5-15(13)20;3-2(4,5)1(6)7/h3-8H,9H2,1-2H3,(H,21,22);(H,6,7). The number of aromatic nitrogens is 5. The fraction of sp³-hybridized carbons (Fsp3) is 0.200. The number of hydrogen-bond donors (Lipinski definition) is 2. The summed E-state index contributed by atoms with van der Waals surface area (Å²) < 4.78 is 66.9. The number of aryl methyl sites for hydroxylation is 2. The van der Waals surface area contributed by atoms with Crippen molar-refractivity contribution in [2.24, 2.45) is 0 Å². The van der Waals surface area contributed by atoms with Crippen LogP contribution in [-0.2, 0) is 11.4 Å². The Morgan fingerprint density at radius 2 is 1.82 bits per heavy atom. The molecule has 33 heavy (non-hydrogen) atoms. The zero-order chi connectivity index (χ0) is 24.3. The van der Waals surface area contributed by atoms with Crippen LogP contribution < -0.4 is 4.74 Å². The van der Waals surface area contributed by atoms with Crippen LogP contribution in [0, 0.1) is 25.5 Å². The fourth-order valence-electron chi connectivity index (χ4n) is 2.88. The van der Waals surface area contributed by atoms with Gasteiger partial charge in [0.05, 0.1) is 28.8 Å². The quantitative estimate of drug-likeness (QED) is 0.434. The number of halogens is 5. The first-order valence-electron chi connectivity index (χ1n) is 9.20. The number of nitrogens with one attached hydrogen (secondary N) is 1. The van der Waals surface area contributed by atoms with E-state index in [9.17, 15) is 22.0 Å². The summed E-state index contributed by atoms with van der Waals surface area (Å²) in [5.41, 5.74) is 3.49. The van der Waals surface area contributed by atoms with E-state index in [1.165, 1.54) is 18.2 Å². The van der Waals surface area contributed by atoms with E-state index >= 15 is 0 Å². The average molecular weight is 469 g/mol. The van der Waals surface area contributed by atoms with Crippen LogP contribution in [0.15, 0.2) is 36.8 Å². The second-order valence-corrected chi connectivity index (χ2v) is 6.71. The third-order valence-corrected chi connectivity index (χ3v) is 4.30. The molecular formula is C20H16F5N5O3. The number of benzene rings is 1. The minimum atomic E-state index is -5.08. The summed E-state index contributed by atoms with van der Waals surface area (Å²) in [6.45, 7) is 3.40. The maximum Gasteiger partial charge on any atom is 0.490 e. The molecule has 0 amide bonds. The van der Waals surface area contributed by atoms with Crippen LogP contribution in [0.25, 0.3) is 16.9 Å². The molecule has 0 fully saturated rings. The van der Waals surface area contributed by atoms with Crippen LogP contribution >= 0.6 is 0 Å². The highest BCUT2D eigenvalue weighted by molar-refractivity contribution is 5.73. The first-order valence-corrected chi connectivity index (χ1v) is 9.20. The van der Waals surface area contributed by atoms with Gasteiger partial charge in [-0.1, -0.05) is 6.07 Å². The highest BCUT2D eigenvalue weighted by atomic mass is 19.4. The van der Waals surface area contributed by atoms with Gasteiger partial charge in [0.1, 0.15) is 18.2 Å². The van der Waals surface area contributed by atoms with E-state index in [1.807, 2.05) is 24.4 Å². The predicted molar refractivity (Wildman–Crippen MR) is 104 cm³/mol. The zero-order valence-electron chi connectivity index (χ0n) is 17.1. The van der Waals surface area contributed by atoms with Gasteiger partial charge in [0.25, 0.3) is 5.88 Å². The lowest BCUT2D eigenvalue weighted by atomic mass is 10.2. The molecule has 0 aliphatic heterocycles. The van der Waals surface area contributed by atoms with E-state index in [1.54, 1.807) is 12.4 Å². The number of carbonyl (C=O) groups is 1. The van der Waals surface area contributed by atoms with Gasteiger partial charge in [-0.3, -0.25) is 9.50 Å². The third-order valence-electron chi connectivity index (χ3n) is 4.30. The van der Waals surface area contributed by atoms with Gasteiger partial charge in [0.15, 0.2) is 0 Å². The molecule has 0 unspecified atom stereocenters. The van der Waals surface area contributed by atoms with Crippen LogP contribution in [-0.4, -0.2) is 41.8 Å². The number of aromatic amines is 1. The molecule has 0 atom stereocenters. The number of H-pyrrole nitrogens is 1. The van der Waals surface area contributed by atoms with Gasteiger partial charge in [0, 0.05) is 18.0 Å². The lowest BCUT2D eigenvalue weighted by molar-refractivity contribution is -0.192. The van der Waals surface area contributed by atoms with E-state index in [2.05, 4.69) is 20.2 Å². The molecule has 0 spiro atoms. The smallest absolute Gasteiger partial charge is 0.475 e. The van der Waals surface area contributed by atoms with Gasteiger partial charge in [-0.25, -0.2) is 23.5 Å². The molecule has 0 aliphatic carbocycles. The molecule has 0 aliphatic rings. The SMILES string of the molecule is Cc1cn2c(-c3cn[nH]c3)c(C)nc2c(OCc2c(F)cccc2F)n1.O=C(O)C(F)(F)F. The molecule has 4 rings (SSSR count). The number of ether oxygens (including phenoxy) is 1. The van der Waals surface area contributed by atoms with Crippen molar-refractivity contribution in [2.75, 3.05) is 0 Å². The van der Waals surface area contributed by atoms with Crippen molar-refractivity contribution in [3.05, 3.63) is 65.4 Å². The Labute approximate surface area is 182 Å². The second kappa shape index (κ2) is 9.22. The maximum atomic E-state index is 13.8. The van der Waals surface area contributed by atoms with Gasteiger partial charge in [-0.2, -0.15) is 18.3 Å². The molecule has 13 heteroatoms. The number of aliphatic carboxylic acids is 1. The van der Waals surface area contributed by atoms with Crippen molar-refractivity contribution in [2.45, 2.75) is 26.6 Å². The summed E-state index contributed by atoms with van der Waals surface area (Å²) in [5, 5.41) is 13.9. The number of nitrogens with zero attached hydrogens (tertiary/aromatic N) is 4. The Morgan fingerprint density at radius 1 is 1.18 bits per heavy atom. The number of hydrogen-bond acceptors (Lipinski definition) is 5. The van der Waals surface area contributed by atoms with E-state index in [4.69, 9.17) is 14.6 Å². The first-order chi connectivity index (χ1) is 15.5. The largest absolute Gasteiger partial charge is 0.490 e. The molecule has 0 radical (unpaired) electrons. The van der Waals surface area contributed by atoms with E-state index in [0.29, 0.717) is 11.3 Å². The van der Waals surface area contributed by atoms with Crippen LogP contribution in [0.3, 0.4) is 0 Å². The van der Waals surface area contributed by atoms with Crippen molar-refractivity contribution < 1.29 is 36.6 Å². The zero-order valence-corrected chi connectivity index (χ0v) is 17.1. The monoisotopic (exact) mass is 469 g/mol. The molecule has 174 valence electrons. The number of fused-ring (bicyclic) bond motifs is 1. The molecule has 8 nitrogen and oxygen atoms in total. The predicted octanol–water partition coefficient (Wildman–Crippen LogP) is 4.23. The summed E-state index contributed by atoms with van der Waals surface area (Å²) in [6.07, 6.45) is 0.206. The van der Waals surface area contributed by atoms with Crippen molar-refractivity contribution in [1.82, 2.24) is 24.6 Å². The van der Waals surface area contributed by atoms with Gasteiger partial charge in [0.2, 0.25) is 5.65 Å². The highest BCUT2D eigenvalue weighted by Gasteiger charge is 2.38. The van der Waals surface area contributed by atoms with Crippen LogP contribution in [0.5, 0.6) is 5.88 Å². The topological polar surface area (TPSA) is 105 Å². The summed E-state index contributed by atoms with van der Waals surface area (Å²) in [6, 6.07) is 3.70. The average Bonchev–Trinajstić information content (AvgIpc) is 3.34. The van der Waals surface area contributed by atoms with Crippen LogP contribution in [0.2, 0.25) is 0 Å². The molecule has 1 aromatic carbocycles. The Hall–Kier alpha value is -4.03. The van der Waals surface area contributed by atoms with Crippen LogP contribution in [0.4, 0.5) is 22.0 Å². The Morgan fingerprint density at radius 3 is 2.36 bits per heavy atom. The van der Waals surface area contributed by atoms with Gasteiger partial charge in [-0.05, 0) is 26.0 Å². The molecule has 4 aromatic rings. The lowest BCUT2D eigenvalue weighted by Crippen LogP contribution is -2.21. The van der Waals surface area contributed by atoms with Gasteiger partial charge >= 0.3 is 12.1 Å². The van der Waals surface area contributed by atoms with E-state index in [0.717, 1.165) is 17.0 Å². The van der Waals surface area contributed by atoms with Crippen molar-refractivity contribution >= 4 is 11.6 Å². The highest BCUT2D eigenvalue weighted by Crippen LogP contribution is 2.28. The molecular weight excluding hydrogens is 453 g/mol. The summed E-state index contributed by atoms with van der Waals surface area (Å²) >= 11 is 0. The minimum Gasteiger partial charge on any atom is -0.475 e. The van der Waals surface area contributed by atoms with Crippen LogP contribution in [0.1, 0.15) is 17.0 Å². The first kappa shape index (κ1) is 23.6.